The second-order valence-corrected chi connectivity index (χ2v) is 5.92. The van der Waals surface area contributed by atoms with E-state index in [1.165, 1.54) is 16.7 Å². The summed E-state index contributed by atoms with van der Waals surface area (Å²) in [6.45, 7) is 12.2. The van der Waals surface area contributed by atoms with Crippen molar-refractivity contribution in [1.29, 1.82) is 0 Å². The molecule has 0 aliphatic rings. The van der Waals surface area contributed by atoms with Gasteiger partial charge in [0.15, 0.2) is 5.65 Å². The Balaban J connectivity index is 2.30. The topological polar surface area (TPSA) is 51.6 Å². The zero-order chi connectivity index (χ0) is 16.0. The maximum absolute atomic E-state index is 4.81. The number of hydrogen-bond acceptors (Lipinski definition) is 4. The summed E-state index contributed by atoms with van der Waals surface area (Å²) >= 11 is 0. The maximum Gasteiger partial charge on any atom is 0.182 e. The van der Waals surface area contributed by atoms with E-state index >= 15 is 0 Å². The summed E-state index contributed by atoms with van der Waals surface area (Å²) in [5.41, 5.74) is 9.10. The van der Waals surface area contributed by atoms with Crippen molar-refractivity contribution in [2.75, 3.05) is 0 Å². The molecule has 2 heterocycles. The fraction of sp³-hybridized carbons (Fsp3) is 0.333. The fourth-order valence-corrected chi connectivity index (χ4v) is 2.75. The van der Waals surface area contributed by atoms with Gasteiger partial charge in [-0.05, 0) is 70.4 Å². The van der Waals surface area contributed by atoms with E-state index in [0.29, 0.717) is 5.65 Å². The smallest absolute Gasteiger partial charge is 0.182 e. The van der Waals surface area contributed by atoms with Crippen molar-refractivity contribution in [3.05, 3.63) is 46.0 Å². The third-order valence-electron chi connectivity index (χ3n) is 4.19. The highest BCUT2D eigenvalue weighted by atomic mass is 15.0. The molecule has 0 aliphatic carbocycles. The molecule has 112 valence electrons. The fourth-order valence-electron chi connectivity index (χ4n) is 2.75. The van der Waals surface area contributed by atoms with Crippen molar-refractivity contribution in [2.24, 2.45) is 0 Å². The zero-order valence-corrected chi connectivity index (χ0v) is 13.9. The van der Waals surface area contributed by atoms with Crippen LogP contribution in [-0.2, 0) is 0 Å². The van der Waals surface area contributed by atoms with Crippen LogP contribution >= 0.6 is 0 Å². The quantitative estimate of drug-likeness (QED) is 0.681. The van der Waals surface area contributed by atoms with Gasteiger partial charge in [-0.2, -0.15) is 0 Å². The molecule has 22 heavy (non-hydrogen) atoms. The van der Waals surface area contributed by atoms with Gasteiger partial charge in [0.25, 0.3) is 0 Å². The highest BCUT2D eigenvalue weighted by Crippen LogP contribution is 2.27. The molecule has 0 saturated carbocycles. The summed E-state index contributed by atoms with van der Waals surface area (Å²) < 4.78 is 0. The first kappa shape index (κ1) is 14.6. The summed E-state index contributed by atoms with van der Waals surface area (Å²) in [6, 6.07) is 4.35. The Labute approximate surface area is 130 Å². The van der Waals surface area contributed by atoms with Crippen LogP contribution in [0.15, 0.2) is 12.1 Å². The number of aryl methyl sites for hydroxylation is 5. The van der Waals surface area contributed by atoms with Crippen LogP contribution in [0.5, 0.6) is 0 Å². The van der Waals surface area contributed by atoms with Crippen LogP contribution < -0.4 is 0 Å². The minimum absolute atomic E-state index is 0.673. The summed E-state index contributed by atoms with van der Waals surface area (Å²) in [5, 5.41) is 0. The third-order valence-corrected chi connectivity index (χ3v) is 4.19. The standard InChI is InChI=1S/C18H20N4/c1-9-7-15(8-10(2)11(9)3)16-12(4)20-18-17(22-16)13(5)19-14(6)21-18/h7-8H,1-6H3. The Bertz CT molecular complexity index is 874. The van der Waals surface area contributed by atoms with Gasteiger partial charge in [0, 0.05) is 5.56 Å². The van der Waals surface area contributed by atoms with Gasteiger partial charge in [-0.1, -0.05) is 0 Å². The molecule has 3 rings (SSSR count). The maximum atomic E-state index is 4.81. The zero-order valence-electron chi connectivity index (χ0n) is 13.9. The molecule has 3 aromatic rings. The molecular weight excluding hydrogens is 272 g/mol. The van der Waals surface area contributed by atoms with Crippen LogP contribution in [0.4, 0.5) is 0 Å². The van der Waals surface area contributed by atoms with Gasteiger partial charge in [-0.25, -0.2) is 19.9 Å². The summed E-state index contributed by atoms with van der Waals surface area (Å²) in [6.07, 6.45) is 0. The molecule has 0 saturated heterocycles. The lowest BCUT2D eigenvalue weighted by Crippen LogP contribution is -2.02. The number of benzene rings is 1. The highest BCUT2D eigenvalue weighted by Gasteiger charge is 2.13. The molecular formula is C18H20N4. The first-order valence-corrected chi connectivity index (χ1v) is 7.44. The van der Waals surface area contributed by atoms with Gasteiger partial charge < -0.3 is 0 Å². The number of rotatable bonds is 1. The molecule has 1 aromatic carbocycles. The van der Waals surface area contributed by atoms with Crippen molar-refractivity contribution >= 4 is 11.2 Å². The number of hydrogen-bond donors (Lipinski definition) is 0. The predicted molar refractivity (Wildman–Crippen MR) is 89.0 cm³/mol. The molecule has 0 fully saturated rings. The minimum Gasteiger partial charge on any atom is -0.241 e. The van der Waals surface area contributed by atoms with Crippen LogP contribution in [0.3, 0.4) is 0 Å². The predicted octanol–water partition coefficient (Wildman–Crippen LogP) is 3.94. The van der Waals surface area contributed by atoms with Crippen molar-refractivity contribution in [2.45, 2.75) is 41.5 Å². The van der Waals surface area contributed by atoms with E-state index in [9.17, 15) is 0 Å². The van der Waals surface area contributed by atoms with Crippen LogP contribution in [0.2, 0.25) is 0 Å². The average Bonchev–Trinajstić information content (AvgIpc) is 2.43. The highest BCUT2D eigenvalue weighted by molar-refractivity contribution is 5.77. The molecule has 0 unspecified atom stereocenters. The SMILES string of the molecule is Cc1nc(C)c2nc(-c3cc(C)c(C)c(C)c3)c(C)nc2n1. The van der Waals surface area contributed by atoms with E-state index in [-0.39, 0.29) is 0 Å². The third kappa shape index (κ3) is 2.34. The molecule has 0 aliphatic heterocycles. The van der Waals surface area contributed by atoms with E-state index in [0.717, 1.165) is 34.0 Å². The van der Waals surface area contributed by atoms with Crippen LogP contribution in [0, 0.1) is 41.5 Å². The van der Waals surface area contributed by atoms with Crippen molar-refractivity contribution in [3.63, 3.8) is 0 Å². The van der Waals surface area contributed by atoms with Gasteiger partial charge in [0.2, 0.25) is 0 Å². The number of nitrogens with zero attached hydrogens (tertiary/aromatic N) is 4. The van der Waals surface area contributed by atoms with E-state index in [4.69, 9.17) is 4.98 Å². The second kappa shape index (κ2) is 5.13. The Kier molecular flexibility index (Phi) is 3.39. The lowest BCUT2D eigenvalue weighted by molar-refractivity contribution is 1.01. The van der Waals surface area contributed by atoms with Gasteiger partial charge in [0.1, 0.15) is 11.3 Å². The Morgan fingerprint density at radius 3 is 1.95 bits per heavy atom. The second-order valence-electron chi connectivity index (χ2n) is 5.92. The molecule has 0 spiro atoms. The summed E-state index contributed by atoms with van der Waals surface area (Å²) in [4.78, 5) is 18.3. The Morgan fingerprint density at radius 2 is 1.32 bits per heavy atom. The van der Waals surface area contributed by atoms with Crippen molar-refractivity contribution in [3.8, 4) is 11.3 Å². The van der Waals surface area contributed by atoms with Crippen LogP contribution in [0.25, 0.3) is 22.4 Å². The van der Waals surface area contributed by atoms with Crippen LogP contribution in [0.1, 0.15) is 33.9 Å². The molecule has 2 aromatic heterocycles. The minimum atomic E-state index is 0.673. The molecule has 0 N–H and O–H groups in total. The van der Waals surface area contributed by atoms with E-state index in [1.54, 1.807) is 0 Å². The van der Waals surface area contributed by atoms with Gasteiger partial charge in [0.05, 0.1) is 17.1 Å². The van der Waals surface area contributed by atoms with E-state index < -0.39 is 0 Å². The number of aromatic nitrogens is 4. The molecule has 4 heteroatoms. The monoisotopic (exact) mass is 292 g/mol. The normalized spacial score (nSPS) is 11.2. The van der Waals surface area contributed by atoms with Crippen molar-refractivity contribution < 1.29 is 0 Å². The number of fused-ring (bicyclic) bond motifs is 1. The molecule has 0 atom stereocenters. The first-order chi connectivity index (χ1) is 10.4. The van der Waals surface area contributed by atoms with Crippen molar-refractivity contribution in [1.82, 2.24) is 19.9 Å². The average molecular weight is 292 g/mol. The van der Waals surface area contributed by atoms with E-state index in [1.807, 2.05) is 20.8 Å². The van der Waals surface area contributed by atoms with E-state index in [2.05, 4.69) is 47.9 Å². The molecule has 4 nitrogen and oxygen atoms in total. The lowest BCUT2D eigenvalue weighted by atomic mass is 9.98. The molecule has 0 bridgehead atoms. The van der Waals surface area contributed by atoms with Crippen LogP contribution in [-0.4, -0.2) is 19.9 Å². The Hall–Kier alpha value is -2.36. The first-order valence-electron chi connectivity index (χ1n) is 7.44. The largest absolute Gasteiger partial charge is 0.241 e. The molecule has 0 radical (unpaired) electrons. The van der Waals surface area contributed by atoms with Gasteiger partial charge >= 0.3 is 0 Å². The van der Waals surface area contributed by atoms with Gasteiger partial charge in [-0.3, -0.25) is 0 Å². The Morgan fingerprint density at radius 1 is 0.682 bits per heavy atom. The summed E-state index contributed by atoms with van der Waals surface area (Å²) in [7, 11) is 0. The van der Waals surface area contributed by atoms with Gasteiger partial charge in [-0.15, -0.1) is 0 Å². The summed E-state index contributed by atoms with van der Waals surface area (Å²) in [5.74, 6) is 0.730. The lowest BCUT2D eigenvalue weighted by Gasteiger charge is -2.12. The molecule has 0 amide bonds.